The third-order valence-corrected chi connectivity index (χ3v) is 4.23. The van der Waals surface area contributed by atoms with E-state index in [-0.39, 0.29) is 18.6 Å². The second-order valence-corrected chi connectivity index (χ2v) is 5.84. The van der Waals surface area contributed by atoms with Crippen LogP contribution in [0.3, 0.4) is 0 Å². The van der Waals surface area contributed by atoms with E-state index < -0.39 is 0 Å². The molecule has 0 spiro atoms. The van der Waals surface area contributed by atoms with E-state index in [1.54, 1.807) is 4.90 Å². The molecule has 0 saturated carbocycles. The monoisotopic (exact) mass is 287 g/mol. The lowest BCUT2D eigenvalue weighted by Gasteiger charge is -2.27. The largest absolute Gasteiger partial charge is 0.451 e. The van der Waals surface area contributed by atoms with E-state index in [0.717, 1.165) is 42.2 Å². The quantitative estimate of drug-likeness (QED) is 0.923. The van der Waals surface area contributed by atoms with Gasteiger partial charge in [-0.25, -0.2) is 0 Å². The van der Waals surface area contributed by atoms with Crippen molar-refractivity contribution in [1.29, 1.82) is 0 Å². The lowest BCUT2D eigenvalue weighted by molar-refractivity contribution is 0.0571. The van der Waals surface area contributed by atoms with Crippen molar-refractivity contribution in [3.63, 3.8) is 0 Å². The first-order chi connectivity index (χ1) is 10.2. The van der Waals surface area contributed by atoms with Crippen LogP contribution >= 0.6 is 0 Å². The molecule has 1 aromatic heterocycles. The van der Waals surface area contributed by atoms with E-state index in [9.17, 15) is 9.90 Å². The van der Waals surface area contributed by atoms with Crippen LogP contribution in [0.25, 0.3) is 11.0 Å². The molecule has 21 heavy (non-hydrogen) atoms. The van der Waals surface area contributed by atoms with Gasteiger partial charge in [0.05, 0.1) is 12.6 Å². The maximum absolute atomic E-state index is 12.7. The number of hydrogen-bond donors (Lipinski definition) is 1. The number of benzene rings is 1. The standard InChI is InChI=1S/C17H21NO3/c1-12-6-7-15-13(9-12)10-16(21-15)17(20)18-8-4-2-3-5-14(18)11-19/h6-7,9-10,14,19H,2-5,8,11H2,1H3. The molecule has 1 aromatic carbocycles. The summed E-state index contributed by atoms with van der Waals surface area (Å²) in [6, 6.07) is 7.61. The van der Waals surface area contributed by atoms with Crippen molar-refractivity contribution in [2.75, 3.05) is 13.2 Å². The molecule has 4 heteroatoms. The second-order valence-electron chi connectivity index (χ2n) is 5.84. The molecule has 0 aliphatic carbocycles. The predicted octanol–water partition coefficient (Wildman–Crippen LogP) is 3.12. The highest BCUT2D eigenvalue weighted by Gasteiger charge is 2.27. The maximum atomic E-state index is 12.7. The molecule has 1 fully saturated rings. The Balaban J connectivity index is 1.90. The minimum absolute atomic E-state index is 0.0189. The Hall–Kier alpha value is -1.81. The zero-order chi connectivity index (χ0) is 14.8. The van der Waals surface area contributed by atoms with Crippen LogP contribution < -0.4 is 0 Å². The van der Waals surface area contributed by atoms with Gasteiger partial charge in [0.15, 0.2) is 5.76 Å². The highest BCUT2D eigenvalue weighted by molar-refractivity contribution is 5.96. The minimum Gasteiger partial charge on any atom is -0.451 e. The normalized spacial score (nSPS) is 19.7. The Kier molecular flexibility index (Phi) is 3.97. The van der Waals surface area contributed by atoms with E-state index in [2.05, 4.69) is 0 Å². The zero-order valence-corrected chi connectivity index (χ0v) is 12.3. The fraction of sp³-hybridized carbons (Fsp3) is 0.471. The summed E-state index contributed by atoms with van der Waals surface area (Å²) in [4.78, 5) is 14.5. The predicted molar refractivity (Wildman–Crippen MR) is 81.3 cm³/mol. The van der Waals surface area contributed by atoms with Gasteiger partial charge in [-0.3, -0.25) is 4.79 Å². The van der Waals surface area contributed by atoms with Crippen LogP contribution in [0, 0.1) is 6.92 Å². The summed E-state index contributed by atoms with van der Waals surface area (Å²) in [5.41, 5.74) is 1.88. The first kappa shape index (κ1) is 14.1. The average molecular weight is 287 g/mol. The summed E-state index contributed by atoms with van der Waals surface area (Å²) in [7, 11) is 0. The van der Waals surface area contributed by atoms with Gasteiger partial charge in [-0.1, -0.05) is 24.5 Å². The topological polar surface area (TPSA) is 53.7 Å². The van der Waals surface area contributed by atoms with E-state index >= 15 is 0 Å². The molecule has 1 aliphatic rings. The number of nitrogens with zero attached hydrogens (tertiary/aromatic N) is 1. The van der Waals surface area contributed by atoms with Gasteiger partial charge < -0.3 is 14.4 Å². The molecular weight excluding hydrogens is 266 g/mol. The van der Waals surface area contributed by atoms with Gasteiger partial charge in [-0.2, -0.15) is 0 Å². The van der Waals surface area contributed by atoms with Crippen molar-refractivity contribution < 1.29 is 14.3 Å². The van der Waals surface area contributed by atoms with E-state index in [0.29, 0.717) is 12.3 Å². The van der Waals surface area contributed by atoms with Crippen molar-refractivity contribution in [2.24, 2.45) is 0 Å². The number of carbonyl (C=O) groups excluding carboxylic acids is 1. The Bertz CT molecular complexity index is 647. The molecule has 1 saturated heterocycles. The van der Waals surface area contributed by atoms with Crippen molar-refractivity contribution in [3.8, 4) is 0 Å². The van der Waals surface area contributed by atoms with Gasteiger partial charge in [-0.05, 0) is 38.0 Å². The third-order valence-electron chi connectivity index (χ3n) is 4.23. The molecule has 0 bridgehead atoms. The van der Waals surface area contributed by atoms with Gasteiger partial charge in [0.25, 0.3) is 5.91 Å². The van der Waals surface area contributed by atoms with E-state index in [4.69, 9.17) is 4.42 Å². The number of aryl methyl sites for hydroxylation is 1. The third kappa shape index (κ3) is 2.81. The summed E-state index contributed by atoms with van der Waals surface area (Å²) in [5, 5.41) is 10.5. The minimum atomic E-state index is -0.107. The second kappa shape index (κ2) is 5.90. The zero-order valence-electron chi connectivity index (χ0n) is 12.3. The Morgan fingerprint density at radius 2 is 2.19 bits per heavy atom. The van der Waals surface area contributed by atoms with Crippen molar-refractivity contribution in [3.05, 3.63) is 35.6 Å². The Labute approximate surface area is 124 Å². The first-order valence-electron chi connectivity index (χ1n) is 7.61. The lowest BCUT2D eigenvalue weighted by Crippen LogP contribution is -2.41. The highest BCUT2D eigenvalue weighted by atomic mass is 16.3. The fourth-order valence-corrected chi connectivity index (χ4v) is 3.04. The number of amides is 1. The Morgan fingerprint density at radius 1 is 1.33 bits per heavy atom. The van der Waals surface area contributed by atoms with Crippen molar-refractivity contribution in [1.82, 2.24) is 4.90 Å². The van der Waals surface area contributed by atoms with Crippen LogP contribution in [-0.2, 0) is 0 Å². The summed E-state index contributed by atoms with van der Waals surface area (Å²) >= 11 is 0. The van der Waals surface area contributed by atoms with E-state index in [1.807, 2.05) is 31.2 Å². The first-order valence-corrected chi connectivity index (χ1v) is 7.61. The molecular formula is C17H21NO3. The fourth-order valence-electron chi connectivity index (χ4n) is 3.04. The number of hydrogen-bond acceptors (Lipinski definition) is 3. The molecule has 1 aliphatic heterocycles. The van der Waals surface area contributed by atoms with Crippen molar-refractivity contribution in [2.45, 2.75) is 38.6 Å². The number of likely N-dealkylation sites (tertiary alicyclic amines) is 1. The molecule has 1 N–H and O–H groups in total. The number of aliphatic hydroxyl groups is 1. The number of aliphatic hydroxyl groups excluding tert-OH is 1. The van der Waals surface area contributed by atoms with E-state index in [1.165, 1.54) is 0 Å². The van der Waals surface area contributed by atoms with Gasteiger partial charge in [0.1, 0.15) is 5.58 Å². The molecule has 2 aromatic rings. The van der Waals surface area contributed by atoms with Crippen LogP contribution in [0.15, 0.2) is 28.7 Å². The van der Waals surface area contributed by atoms with Gasteiger partial charge in [-0.15, -0.1) is 0 Å². The average Bonchev–Trinajstić information content (AvgIpc) is 2.75. The van der Waals surface area contributed by atoms with Crippen LogP contribution in [0.1, 0.15) is 41.8 Å². The number of rotatable bonds is 2. The summed E-state index contributed by atoms with van der Waals surface area (Å²) < 4.78 is 5.70. The Morgan fingerprint density at radius 3 is 3.00 bits per heavy atom. The molecule has 112 valence electrons. The van der Waals surface area contributed by atoms with Crippen LogP contribution in [0.5, 0.6) is 0 Å². The number of furan rings is 1. The molecule has 0 radical (unpaired) electrons. The summed E-state index contributed by atoms with van der Waals surface area (Å²) in [6.45, 7) is 2.73. The summed E-state index contributed by atoms with van der Waals surface area (Å²) in [5.74, 6) is 0.265. The molecule has 3 rings (SSSR count). The number of carbonyl (C=O) groups is 1. The molecule has 1 amide bonds. The van der Waals surface area contributed by atoms with Crippen molar-refractivity contribution >= 4 is 16.9 Å². The van der Waals surface area contributed by atoms with Crippen LogP contribution in [0.4, 0.5) is 0 Å². The SMILES string of the molecule is Cc1ccc2oc(C(=O)N3CCCCCC3CO)cc2c1. The molecule has 2 heterocycles. The van der Waals surface area contributed by atoms with Gasteiger partial charge in [0.2, 0.25) is 0 Å². The van der Waals surface area contributed by atoms with Gasteiger partial charge in [0, 0.05) is 11.9 Å². The van der Waals surface area contributed by atoms with Crippen LogP contribution in [0.2, 0.25) is 0 Å². The highest BCUT2D eigenvalue weighted by Crippen LogP contribution is 2.24. The smallest absolute Gasteiger partial charge is 0.289 e. The van der Waals surface area contributed by atoms with Gasteiger partial charge >= 0.3 is 0 Å². The van der Waals surface area contributed by atoms with Crippen LogP contribution in [-0.4, -0.2) is 35.1 Å². The number of fused-ring (bicyclic) bond motifs is 1. The summed E-state index contributed by atoms with van der Waals surface area (Å²) in [6.07, 6.45) is 4.02. The lowest BCUT2D eigenvalue weighted by atomic mass is 10.1. The maximum Gasteiger partial charge on any atom is 0.289 e. The molecule has 1 atom stereocenters. The molecule has 1 unspecified atom stereocenters. The molecule has 4 nitrogen and oxygen atoms in total.